The highest BCUT2D eigenvalue weighted by Crippen LogP contribution is 1.93. The Balaban J connectivity index is 3.13. The third kappa shape index (κ3) is 21.7. The smallest absolute Gasteiger partial charge is 0.0701 e. The Bertz CT molecular complexity index is 274. The largest absolute Gasteiger partial charge is 0.381 e. The van der Waals surface area contributed by atoms with Crippen molar-refractivity contribution >= 4 is 0 Å². The van der Waals surface area contributed by atoms with Crippen LogP contribution in [0.25, 0.3) is 0 Å². The van der Waals surface area contributed by atoms with Crippen LogP contribution in [0.2, 0.25) is 0 Å². The van der Waals surface area contributed by atoms with Crippen molar-refractivity contribution in [3.8, 4) is 0 Å². The molecular weight excluding hydrogens is 336 g/mol. The third-order valence-electron chi connectivity index (χ3n) is 3.45. The lowest BCUT2D eigenvalue weighted by Crippen LogP contribution is -2.38. The molecule has 0 heterocycles. The molecule has 0 saturated heterocycles. The highest BCUT2D eigenvalue weighted by Gasteiger charge is 2.02. The van der Waals surface area contributed by atoms with Crippen LogP contribution in [-0.4, -0.2) is 84.6 Å². The van der Waals surface area contributed by atoms with Gasteiger partial charge in [-0.3, -0.25) is 0 Å². The fourth-order valence-corrected chi connectivity index (χ4v) is 2.07. The van der Waals surface area contributed by atoms with Crippen molar-refractivity contribution in [3.05, 3.63) is 0 Å². The lowest BCUT2D eigenvalue weighted by Gasteiger charge is -2.14. The van der Waals surface area contributed by atoms with Gasteiger partial charge in [0.1, 0.15) is 0 Å². The lowest BCUT2D eigenvalue weighted by molar-refractivity contribution is 0.0393. The first-order chi connectivity index (χ1) is 12.7. The van der Waals surface area contributed by atoms with Gasteiger partial charge in [-0.15, -0.1) is 0 Å². The number of rotatable bonds is 21. The molecule has 0 aromatic carbocycles. The molecule has 0 amide bonds. The first kappa shape index (κ1) is 25.7. The van der Waals surface area contributed by atoms with Gasteiger partial charge in [-0.1, -0.05) is 0 Å². The number of nitrogens with one attached hydrogen (secondary N) is 1. The topological polar surface area (TPSA) is 127 Å². The van der Waals surface area contributed by atoms with Gasteiger partial charge in [0.2, 0.25) is 0 Å². The summed E-state index contributed by atoms with van der Waals surface area (Å²) >= 11 is 0. The Kier molecular flexibility index (Phi) is 20.7. The molecule has 2 atom stereocenters. The average Bonchev–Trinajstić information content (AvgIpc) is 2.61. The Hall–Kier alpha value is -0.320. The minimum Gasteiger partial charge on any atom is -0.381 e. The van der Waals surface area contributed by atoms with Gasteiger partial charge in [-0.25, -0.2) is 0 Å². The summed E-state index contributed by atoms with van der Waals surface area (Å²) in [7, 11) is 0. The van der Waals surface area contributed by atoms with E-state index in [1.54, 1.807) is 0 Å². The average molecular weight is 379 g/mol. The molecule has 0 aliphatic rings. The van der Waals surface area contributed by atoms with Crippen molar-refractivity contribution in [1.82, 2.24) is 5.32 Å². The molecule has 2 unspecified atom stereocenters. The molecule has 0 aliphatic carbocycles. The van der Waals surface area contributed by atoms with E-state index in [1.807, 2.05) is 6.92 Å². The standard InChI is InChI=1S/C18H42N4O4/c1-17(20)15-25-12-13-26-16-18(21)14-22-7-5-11-24-9-3-2-8-23-10-4-6-19/h17-18,22H,2-16,19-21H2,1H3. The van der Waals surface area contributed by atoms with Crippen molar-refractivity contribution in [2.45, 2.75) is 44.7 Å². The van der Waals surface area contributed by atoms with Crippen molar-refractivity contribution < 1.29 is 18.9 Å². The number of hydrogen-bond acceptors (Lipinski definition) is 8. The third-order valence-corrected chi connectivity index (χ3v) is 3.45. The van der Waals surface area contributed by atoms with Gasteiger partial charge in [0, 0.05) is 45.1 Å². The zero-order chi connectivity index (χ0) is 19.3. The zero-order valence-electron chi connectivity index (χ0n) is 16.6. The summed E-state index contributed by atoms with van der Waals surface area (Å²) in [4.78, 5) is 0. The molecule has 7 N–H and O–H groups in total. The van der Waals surface area contributed by atoms with Crippen LogP contribution in [0.15, 0.2) is 0 Å². The first-order valence-corrected chi connectivity index (χ1v) is 9.89. The van der Waals surface area contributed by atoms with E-state index in [-0.39, 0.29) is 12.1 Å². The number of nitrogens with two attached hydrogens (primary N) is 3. The molecule has 0 aromatic rings. The Morgan fingerprint density at radius 3 is 1.92 bits per heavy atom. The Labute approximate surface area is 159 Å². The lowest BCUT2D eigenvalue weighted by atomic mass is 10.3. The molecule has 26 heavy (non-hydrogen) atoms. The van der Waals surface area contributed by atoms with Gasteiger partial charge in [-0.05, 0) is 45.7 Å². The van der Waals surface area contributed by atoms with E-state index in [2.05, 4.69) is 5.32 Å². The highest BCUT2D eigenvalue weighted by molar-refractivity contribution is 4.63. The molecule has 158 valence electrons. The predicted octanol–water partition coefficient (Wildman–Crippen LogP) is -0.164. The van der Waals surface area contributed by atoms with Crippen LogP contribution in [0, 0.1) is 0 Å². The monoisotopic (exact) mass is 378 g/mol. The van der Waals surface area contributed by atoms with Crippen molar-refractivity contribution in [1.29, 1.82) is 0 Å². The second-order valence-corrected chi connectivity index (χ2v) is 6.52. The zero-order valence-corrected chi connectivity index (χ0v) is 16.6. The maximum atomic E-state index is 5.98. The van der Waals surface area contributed by atoms with Gasteiger partial charge in [0.05, 0.1) is 26.4 Å². The van der Waals surface area contributed by atoms with Gasteiger partial charge in [0.15, 0.2) is 0 Å². The molecule has 0 radical (unpaired) electrons. The summed E-state index contributed by atoms with van der Waals surface area (Å²) in [6.07, 6.45) is 3.98. The van der Waals surface area contributed by atoms with E-state index >= 15 is 0 Å². The van der Waals surface area contributed by atoms with Crippen molar-refractivity contribution in [2.24, 2.45) is 17.2 Å². The summed E-state index contributed by atoms with van der Waals surface area (Å²) in [5.74, 6) is 0. The quantitative estimate of drug-likeness (QED) is 0.203. The van der Waals surface area contributed by atoms with Gasteiger partial charge in [0.25, 0.3) is 0 Å². The second kappa shape index (κ2) is 21.0. The van der Waals surface area contributed by atoms with E-state index in [1.165, 1.54) is 0 Å². The molecule has 0 spiro atoms. The first-order valence-electron chi connectivity index (χ1n) is 9.89. The van der Waals surface area contributed by atoms with Crippen LogP contribution < -0.4 is 22.5 Å². The van der Waals surface area contributed by atoms with Crippen LogP contribution in [-0.2, 0) is 18.9 Å². The molecule has 0 aromatic heterocycles. The SMILES string of the molecule is CC(N)COCCOCC(N)CNCCCOCCCCOCCCN. The van der Waals surface area contributed by atoms with E-state index < -0.39 is 0 Å². The molecule has 0 fully saturated rings. The van der Waals surface area contributed by atoms with Crippen LogP contribution in [0.5, 0.6) is 0 Å². The summed E-state index contributed by atoms with van der Waals surface area (Å²) in [5.41, 5.74) is 17.0. The molecule has 0 rings (SSSR count). The molecular formula is C18H42N4O4. The molecule has 0 saturated carbocycles. The van der Waals surface area contributed by atoms with E-state index in [0.29, 0.717) is 33.0 Å². The number of ether oxygens (including phenoxy) is 4. The fourth-order valence-electron chi connectivity index (χ4n) is 2.07. The van der Waals surface area contributed by atoms with Crippen LogP contribution in [0.3, 0.4) is 0 Å². The summed E-state index contributed by atoms with van der Waals surface area (Å²) in [6, 6.07) is 0.0505. The van der Waals surface area contributed by atoms with E-state index in [9.17, 15) is 0 Å². The maximum Gasteiger partial charge on any atom is 0.0701 e. The summed E-state index contributed by atoms with van der Waals surface area (Å²) in [5, 5.41) is 3.32. The van der Waals surface area contributed by atoms with Gasteiger partial charge >= 0.3 is 0 Å². The summed E-state index contributed by atoms with van der Waals surface area (Å²) < 4.78 is 21.8. The van der Waals surface area contributed by atoms with Gasteiger partial charge < -0.3 is 41.5 Å². The highest BCUT2D eigenvalue weighted by atomic mass is 16.5. The normalized spacial score (nSPS) is 13.8. The van der Waals surface area contributed by atoms with E-state index in [0.717, 1.165) is 65.2 Å². The fraction of sp³-hybridized carbons (Fsp3) is 1.00. The van der Waals surface area contributed by atoms with Crippen LogP contribution in [0.1, 0.15) is 32.6 Å². The number of unbranched alkanes of at least 4 members (excludes halogenated alkanes) is 1. The second-order valence-electron chi connectivity index (χ2n) is 6.52. The minimum absolute atomic E-state index is 0.0105. The van der Waals surface area contributed by atoms with Gasteiger partial charge in [-0.2, -0.15) is 0 Å². The Morgan fingerprint density at radius 2 is 1.31 bits per heavy atom. The van der Waals surface area contributed by atoms with E-state index in [4.69, 9.17) is 36.1 Å². The molecule has 8 heteroatoms. The van der Waals surface area contributed by atoms with Crippen molar-refractivity contribution in [2.75, 3.05) is 72.5 Å². The van der Waals surface area contributed by atoms with Crippen LogP contribution in [0.4, 0.5) is 0 Å². The molecule has 8 nitrogen and oxygen atoms in total. The molecule has 0 bridgehead atoms. The Morgan fingerprint density at radius 1 is 0.731 bits per heavy atom. The van der Waals surface area contributed by atoms with Crippen molar-refractivity contribution in [3.63, 3.8) is 0 Å². The molecule has 0 aliphatic heterocycles. The maximum absolute atomic E-state index is 5.98. The number of hydrogen-bond donors (Lipinski definition) is 4. The van der Waals surface area contributed by atoms with Crippen LogP contribution >= 0.6 is 0 Å². The minimum atomic E-state index is -0.0105. The predicted molar refractivity (Wildman–Crippen MR) is 105 cm³/mol. The summed E-state index contributed by atoms with van der Waals surface area (Å²) in [6.45, 7) is 9.54.